The Hall–Kier alpha value is -0.580. The van der Waals surface area contributed by atoms with Crippen LogP contribution in [0.3, 0.4) is 0 Å². The third-order valence-corrected chi connectivity index (χ3v) is 3.46. The van der Waals surface area contributed by atoms with Crippen molar-refractivity contribution in [1.29, 1.82) is 0 Å². The van der Waals surface area contributed by atoms with Gasteiger partial charge in [-0.2, -0.15) is 0 Å². The number of methoxy groups -OCH3 is 1. The van der Waals surface area contributed by atoms with Crippen molar-refractivity contribution in [1.82, 2.24) is 5.32 Å². The molecule has 0 saturated carbocycles. The zero-order valence-corrected chi connectivity index (χ0v) is 12.0. The van der Waals surface area contributed by atoms with Crippen LogP contribution < -0.4 is 5.32 Å². The van der Waals surface area contributed by atoms with Gasteiger partial charge in [-0.15, -0.1) is 0 Å². The Labute approximate surface area is 115 Å². The van der Waals surface area contributed by atoms with Gasteiger partial charge >= 0.3 is 0 Å². The molecule has 1 aromatic carbocycles. The predicted octanol–water partition coefficient (Wildman–Crippen LogP) is 3.26. The topological polar surface area (TPSA) is 38.3 Å². The highest BCUT2D eigenvalue weighted by Gasteiger charge is 2.06. The molecular weight excluding hydrogens is 305 g/mol. The van der Waals surface area contributed by atoms with Crippen molar-refractivity contribution in [2.45, 2.75) is 12.8 Å². The molecule has 0 aliphatic heterocycles. The second kappa shape index (κ2) is 7.69. The molecule has 17 heavy (non-hydrogen) atoms. The van der Waals surface area contributed by atoms with Crippen LogP contribution in [-0.2, 0) is 4.74 Å². The van der Waals surface area contributed by atoms with Gasteiger partial charge in [-0.05, 0) is 47.0 Å². The molecule has 5 heteroatoms. The van der Waals surface area contributed by atoms with E-state index in [-0.39, 0.29) is 5.91 Å². The van der Waals surface area contributed by atoms with Gasteiger partial charge in [-0.25, -0.2) is 0 Å². The molecule has 0 aromatic heterocycles. The van der Waals surface area contributed by atoms with E-state index in [4.69, 9.17) is 16.3 Å². The molecule has 0 atom stereocenters. The summed E-state index contributed by atoms with van der Waals surface area (Å²) in [5, 5.41) is 3.44. The lowest BCUT2D eigenvalue weighted by molar-refractivity contribution is 0.0951. The molecule has 0 fully saturated rings. The van der Waals surface area contributed by atoms with Crippen LogP contribution in [0.5, 0.6) is 0 Å². The largest absolute Gasteiger partial charge is 0.385 e. The molecule has 0 spiro atoms. The summed E-state index contributed by atoms with van der Waals surface area (Å²) in [4.78, 5) is 11.7. The summed E-state index contributed by atoms with van der Waals surface area (Å²) in [6.45, 7) is 1.38. The Morgan fingerprint density at radius 3 is 2.88 bits per heavy atom. The maximum atomic E-state index is 11.7. The smallest absolute Gasteiger partial charge is 0.251 e. The van der Waals surface area contributed by atoms with E-state index in [1.807, 2.05) is 0 Å². The fraction of sp³-hybridized carbons (Fsp3) is 0.417. The van der Waals surface area contributed by atoms with Crippen molar-refractivity contribution in [3.8, 4) is 0 Å². The maximum absolute atomic E-state index is 11.7. The molecule has 0 unspecified atom stereocenters. The van der Waals surface area contributed by atoms with E-state index in [1.165, 1.54) is 0 Å². The SMILES string of the molecule is COCCCCNC(=O)c1ccc(Cl)c(Br)c1. The highest BCUT2D eigenvalue weighted by molar-refractivity contribution is 9.10. The number of rotatable bonds is 6. The van der Waals surface area contributed by atoms with Crippen LogP contribution in [0.4, 0.5) is 0 Å². The number of benzene rings is 1. The number of amides is 1. The van der Waals surface area contributed by atoms with Gasteiger partial charge in [0.15, 0.2) is 0 Å². The van der Waals surface area contributed by atoms with Crippen LogP contribution in [-0.4, -0.2) is 26.2 Å². The van der Waals surface area contributed by atoms with Gasteiger partial charge in [0.2, 0.25) is 0 Å². The monoisotopic (exact) mass is 319 g/mol. The fourth-order valence-corrected chi connectivity index (χ4v) is 1.81. The number of halogens is 2. The summed E-state index contributed by atoms with van der Waals surface area (Å²) >= 11 is 9.14. The molecule has 0 bridgehead atoms. The minimum absolute atomic E-state index is 0.0835. The van der Waals surface area contributed by atoms with Crippen LogP contribution in [0.2, 0.25) is 5.02 Å². The molecule has 1 amide bonds. The summed E-state index contributed by atoms with van der Waals surface area (Å²) < 4.78 is 5.66. The van der Waals surface area contributed by atoms with Gasteiger partial charge in [0.05, 0.1) is 5.02 Å². The van der Waals surface area contributed by atoms with Gasteiger partial charge in [0.25, 0.3) is 5.91 Å². The van der Waals surface area contributed by atoms with Gasteiger partial charge in [0.1, 0.15) is 0 Å². The van der Waals surface area contributed by atoms with Crippen molar-refractivity contribution in [3.63, 3.8) is 0 Å². The average molecular weight is 321 g/mol. The highest BCUT2D eigenvalue weighted by Crippen LogP contribution is 2.23. The minimum Gasteiger partial charge on any atom is -0.385 e. The van der Waals surface area contributed by atoms with Gasteiger partial charge in [-0.1, -0.05) is 11.6 Å². The maximum Gasteiger partial charge on any atom is 0.251 e. The van der Waals surface area contributed by atoms with Crippen molar-refractivity contribution in [3.05, 3.63) is 33.3 Å². The summed E-state index contributed by atoms with van der Waals surface area (Å²) in [5.41, 5.74) is 0.605. The molecule has 0 aliphatic rings. The Morgan fingerprint density at radius 1 is 1.47 bits per heavy atom. The number of nitrogens with one attached hydrogen (secondary N) is 1. The van der Waals surface area contributed by atoms with Gasteiger partial charge in [0, 0.05) is 30.3 Å². The predicted molar refractivity (Wildman–Crippen MR) is 72.6 cm³/mol. The van der Waals surface area contributed by atoms with Crippen LogP contribution in [0.1, 0.15) is 23.2 Å². The van der Waals surface area contributed by atoms with Crippen molar-refractivity contribution < 1.29 is 9.53 Å². The summed E-state index contributed by atoms with van der Waals surface area (Å²) in [6.07, 6.45) is 1.86. The van der Waals surface area contributed by atoms with Crippen LogP contribution in [0.25, 0.3) is 0 Å². The molecule has 3 nitrogen and oxygen atoms in total. The molecule has 0 heterocycles. The van der Waals surface area contributed by atoms with Gasteiger partial charge < -0.3 is 10.1 Å². The number of hydrogen-bond acceptors (Lipinski definition) is 2. The first-order valence-corrected chi connectivity index (χ1v) is 6.54. The van der Waals surface area contributed by atoms with Crippen LogP contribution >= 0.6 is 27.5 Å². The first-order valence-electron chi connectivity index (χ1n) is 5.37. The van der Waals surface area contributed by atoms with E-state index in [9.17, 15) is 4.79 Å². The fourth-order valence-electron chi connectivity index (χ4n) is 1.31. The van der Waals surface area contributed by atoms with Crippen molar-refractivity contribution >= 4 is 33.4 Å². The second-order valence-corrected chi connectivity index (χ2v) is 4.85. The second-order valence-electron chi connectivity index (χ2n) is 3.58. The highest BCUT2D eigenvalue weighted by atomic mass is 79.9. The third-order valence-electron chi connectivity index (χ3n) is 2.24. The number of carbonyl (C=O) groups excluding carboxylic acids is 1. The Morgan fingerprint density at radius 2 is 2.24 bits per heavy atom. The molecule has 0 aliphatic carbocycles. The van der Waals surface area contributed by atoms with E-state index in [0.717, 1.165) is 23.9 Å². The Balaban J connectivity index is 2.39. The molecule has 0 saturated heterocycles. The van der Waals surface area contributed by atoms with E-state index in [2.05, 4.69) is 21.2 Å². The molecular formula is C12H15BrClNO2. The van der Waals surface area contributed by atoms with Crippen molar-refractivity contribution in [2.24, 2.45) is 0 Å². The molecule has 1 rings (SSSR count). The molecule has 94 valence electrons. The van der Waals surface area contributed by atoms with Crippen LogP contribution in [0, 0.1) is 0 Å². The normalized spacial score (nSPS) is 10.3. The summed E-state index contributed by atoms with van der Waals surface area (Å²) in [7, 11) is 1.67. The minimum atomic E-state index is -0.0835. The lowest BCUT2D eigenvalue weighted by Crippen LogP contribution is -2.24. The zero-order chi connectivity index (χ0) is 12.7. The Kier molecular flexibility index (Phi) is 6.55. The molecule has 1 aromatic rings. The standard InChI is InChI=1S/C12H15BrClNO2/c1-17-7-3-2-6-15-12(16)9-4-5-11(14)10(13)8-9/h4-5,8H,2-3,6-7H2,1H3,(H,15,16). The lowest BCUT2D eigenvalue weighted by Gasteiger charge is -2.06. The lowest BCUT2D eigenvalue weighted by atomic mass is 10.2. The first kappa shape index (κ1) is 14.5. The summed E-state index contributed by atoms with van der Waals surface area (Å²) in [5.74, 6) is -0.0835. The van der Waals surface area contributed by atoms with E-state index in [1.54, 1.807) is 25.3 Å². The number of unbranched alkanes of at least 4 members (excludes halogenated alkanes) is 1. The number of hydrogen-bond donors (Lipinski definition) is 1. The summed E-state index contributed by atoms with van der Waals surface area (Å²) in [6, 6.07) is 5.12. The number of carbonyl (C=O) groups is 1. The van der Waals surface area contributed by atoms with E-state index >= 15 is 0 Å². The zero-order valence-electron chi connectivity index (χ0n) is 9.63. The molecule has 0 radical (unpaired) electrons. The quantitative estimate of drug-likeness (QED) is 0.817. The van der Waals surface area contributed by atoms with Crippen molar-refractivity contribution in [2.75, 3.05) is 20.3 Å². The average Bonchev–Trinajstić information content (AvgIpc) is 2.32. The Bertz CT molecular complexity index is 385. The number of ether oxygens (including phenoxy) is 1. The van der Waals surface area contributed by atoms with E-state index < -0.39 is 0 Å². The van der Waals surface area contributed by atoms with Crippen LogP contribution in [0.15, 0.2) is 22.7 Å². The first-order chi connectivity index (χ1) is 8.15. The van der Waals surface area contributed by atoms with E-state index in [0.29, 0.717) is 17.1 Å². The molecule has 1 N–H and O–H groups in total. The van der Waals surface area contributed by atoms with Gasteiger partial charge in [-0.3, -0.25) is 4.79 Å². The third kappa shape index (κ3) is 5.06.